The number of nitrogens with zero attached hydrogens (tertiary/aromatic N) is 1. The Hall–Kier alpha value is -1.18. The molecule has 0 aromatic heterocycles. The van der Waals surface area contributed by atoms with Crippen LogP contribution in [0.2, 0.25) is 0 Å². The second-order valence-corrected chi connectivity index (χ2v) is 6.17. The lowest BCUT2D eigenvalue weighted by atomic mass is 10.1. The molecule has 1 aromatic rings. The molecule has 1 atom stereocenters. The highest BCUT2D eigenvalue weighted by atomic mass is 127. The molecule has 1 aromatic carbocycles. The average molecular weight is 447 g/mol. The number of halogens is 1. The fourth-order valence-electron chi connectivity index (χ4n) is 2.85. The molecule has 1 aliphatic carbocycles. The van der Waals surface area contributed by atoms with Crippen LogP contribution in [0.3, 0.4) is 0 Å². The minimum atomic E-state index is -0.0448. The summed E-state index contributed by atoms with van der Waals surface area (Å²) >= 11 is 0. The van der Waals surface area contributed by atoms with E-state index in [1.807, 2.05) is 31.2 Å². The van der Waals surface area contributed by atoms with Crippen LogP contribution in [0.1, 0.15) is 45.4 Å². The Labute approximate surface area is 162 Å². The van der Waals surface area contributed by atoms with E-state index in [9.17, 15) is 0 Å². The first-order valence-electron chi connectivity index (χ1n) is 8.54. The molecule has 24 heavy (non-hydrogen) atoms. The molecular formula is C18H30IN3O2. The number of guanidine groups is 1. The normalized spacial score (nSPS) is 17.3. The summed E-state index contributed by atoms with van der Waals surface area (Å²) in [4.78, 5) is 4.41. The van der Waals surface area contributed by atoms with Crippen LogP contribution < -0.4 is 20.5 Å². The second kappa shape index (κ2) is 11.4. The molecule has 1 unspecified atom stereocenters. The van der Waals surface area contributed by atoms with Gasteiger partial charge in [-0.1, -0.05) is 31.7 Å². The maximum atomic E-state index is 6.01. The van der Waals surface area contributed by atoms with Gasteiger partial charge in [0.15, 0.2) is 5.96 Å². The lowest BCUT2D eigenvalue weighted by molar-refractivity contribution is 0.229. The Kier molecular flexibility index (Phi) is 9.90. The molecule has 2 rings (SSSR count). The van der Waals surface area contributed by atoms with Crippen molar-refractivity contribution in [1.82, 2.24) is 5.32 Å². The number of nitrogens with one attached hydrogen (secondary N) is 1. The van der Waals surface area contributed by atoms with E-state index >= 15 is 0 Å². The summed E-state index contributed by atoms with van der Waals surface area (Å²) in [6, 6.07) is 8.05. The van der Waals surface area contributed by atoms with Crippen molar-refractivity contribution in [2.45, 2.75) is 57.6 Å². The molecule has 136 valence electrons. The van der Waals surface area contributed by atoms with Gasteiger partial charge in [-0.15, -0.1) is 24.0 Å². The van der Waals surface area contributed by atoms with Crippen LogP contribution in [0.15, 0.2) is 29.3 Å². The molecule has 3 N–H and O–H groups in total. The van der Waals surface area contributed by atoms with Crippen LogP contribution in [0.5, 0.6) is 11.5 Å². The molecular weight excluding hydrogens is 417 g/mol. The van der Waals surface area contributed by atoms with Crippen molar-refractivity contribution in [2.24, 2.45) is 10.7 Å². The van der Waals surface area contributed by atoms with Crippen LogP contribution >= 0.6 is 24.0 Å². The van der Waals surface area contributed by atoms with E-state index in [4.69, 9.17) is 15.2 Å². The van der Waals surface area contributed by atoms with Gasteiger partial charge in [-0.25, -0.2) is 4.99 Å². The summed E-state index contributed by atoms with van der Waals surface area (Å²) in [5, 5.41) is 3.35. The molecule has 0 amide bonds. The molecule has 6 heteroatoms. The molecule has 0 aliphatic heterocycles. The summed E-state index contributed by atoms with van der Waals surface area (Å²) < 4.78 is 11.0. The number of hydrogen-bond acceptors (Lipinski definition) is 3. The van der Waals surface area contributed by atoms with E-state index in [1.165, 1.54) is 38.5 Å². The zero-order valence-electron chi connectivity index (χ0n) is 14.7. The quantitative estimate of drug-likeness (QED) is 0.302. The Balaban J connectivity index is 0.00000288. The summed E-state index contributed by atoms with van der Waals surface area (Å²) in [6.45, 7) is 2.52. The average Bonchev–Trinajstić information content (AvgIpc) is 2.82. The topological polar surface area (TPSA) is 68.9 Å². The van der Waals surface area contributed by atoms with Gasteiger partial charge in [-0.05, 0) is 31.9 Å². The van der Waals surface area contributed by atoms with Gasteiger partial charge in [0.05, 0.1) is 13.7 Å². The van der Waals surface area contributed by atoms with Gasteiger partial charge < -0.3 is 20.5 Å². The molecule has 0 saturated heterocycles. The first-order valence-corrected chi connectivity index (χ1v) is 8.54. The third-order valence-corrected chi connectivity index (χ3v) is 4.10. The van der Waals surface area contributed by atoms with E-state index in [2.05, 4.69) is 10.3 Å². The van der Waals surface area contributed by atoms with Gasteiger partial charge >= 0.3 is 0 Å². The van der Waals surface area contributed by atoms with Crippen LogP contribution in [0, 0.1) is 0 Å². The van der Waals surface area contributed by atoms with E-state index in [-0.39, 0.29) is 30.1 Å². The first-order chi connectivity index (χ1) is 11.2. The fourth-order valence-corrected chi connectivity index (χ4v) is 2.85. The largest absolute Gasteiger partial charge is 0.497 e. The monoisotopic (exact) mass is 447 g/mol. The molecule has 0 heterocycles. The summed E-state index contributed by atoms with van der Waals surface area (Å²) in [5.41, 5.74) is 6.01. The van der Waals surface area contributed by atoms with Crippen molar-refractivity contribution >= 4 is 29.9 Å². The summed E-state index contributed by atoms with van der Waals surface area (Å²) in [7, 11) is 1.65. The molecule has 1 fully saturated rings. The lowest BCUT2D eigenvalue weighted by Crippen LogP contribution is -2.40. The smallest absolute Gasteiger partial charge is 0.188 e. The lowest BCUT2D eigenvalue weighted by Gasteiger charge is -2.18. The zero-order valence-corrected chi connectivity index (χ0v) is 17.0. The SMILES string of the molecule is COc1cccc(OC(C)CN=C(N)NC2CCCCCC2)c1.I. The minimum Gasteiger partial charge on any atom is -0.497 e. The van der Waals surface area contributed by atoms with E-state index < -0.39 is 0 Å². The summed E-state index contributed by atoms with van der Waals surface area (Å²) in [6.07, 6.45) is 7.55. The van der Waals surface area contributed by atoms with Gasteiger partial charge in [0.1, 0.15) is 17.6 Å². The number of hydrogen-bond donors (Lipinski definition) is 2. The Morgan fingerprint density at radius 3 is 2.58 bits per heavy atom. The van der Waals surface area contributed by atoms with Crippen LogP contribution in [-0.2, 0) is 0 Å². The molecule has 5 nitrogen and oxygen atoms in total. The van der Waals surface area contributed by atoms with Gasteiger partial charge in [0.2, 0.25) is 0 Å². The van der Waals surface area contributed by atoms with Gasteiger partial charge in [-0.2, -0.15) is 0 Å². The number of ether oxygens (including phenoxy) is 2. The van der Waals surface area contributed by atoms with E-state index in [1.54, 1.807) is 7.11 Å². The molecule has 1 aliphatic rings. The van der Waals surface area contributed by atoms with Crippen molar-refractivity contribution in [3.8, 4) is 11.5 Å². The Morgan fingerprint density at radius 2 is 1.92 bits per heavy atom. The fraction of sp³-hybridized carbons (Fsp3) is 0.611. The van der Waals surface area contributed by atoms with E-state index in [0.29, 0.717) is 18.5 Å². The standard InChI is InChI=1S/C18H29N3O2.HI/c1-14(23-17-11-7-10-16(12-17)22-2)13-20-18(19)21-15-8-5-3-4-6-9-15;/h7,10-12,14-15H,3-6,8-9,13H2,1-2H3,(H3,19,20,21);1H. The van der Waals surface area contributed by atoms with Crippen molar-refractivity contribution < 1.29 is 9.47 Å². The van der Waals surface area contributed by atoms with Crippen LogP contribution in [0.25, 0.3) is 0 Å². The molecule has 0 spiro atoms. The Bertz CT molecular complexity index is 503. The predicted molar refractivity (Wildman–Crippen MR) is 110 cm³/mol. The van der Waals surface area contributed by atoms with Gasteiger partial charge in [0.25, 0.3) is 0 Å². The third-order valence-electron chi connectivity index (χ3n) is 4.10. The van der Waals surface area contributed by atoms with Crippen molar-refractivity contribution in [1.29, 1.82) is 0 Å². The molecule has 1 saturated carbocycles. The third kappa shape index (κ3) is 7.59. The minimum absolute atomic E-state index is 0. The highest BCUT2D eigenvalue weighted by Crippen LogP contribution is 2.20. The number of methoxy groups -OCH3 is 1. The number of aliphatic imine (C=N–C) groups is 1. The highest BCUT2D eigenvalue weighted by Gasteiger charge is 2.12. The van der Waals surface area contributed by atoms with Crippen LogP contribution in [-0.4, -0.2) is 31.8 Å². The van der Waals surface area contributed by atoms with Gasteiger partial charge in [-0.3, -0.25) is 0 Å². The number of nitrogens with two attached hydrogens (primary N) is 1. The maximum absolute atomic E-state index is 6.01. The first kappa shape index (κ1) is 20.9. The second-order valence-electron chi connectivity index (χ2n) is 6.17. The van der Waals surface area contributed by atoms with E-state index in [0.717, 1.165) is 11.5 Å². The number of benzene rings is 1. The molecule has 0 radical (unpaired) electrons. The van der Waals surface area contributed by atoms with Gasteiger partial charge in [0, 0.05) is 12.1 Å². The highest BCUT2D eigenvalue weighted by molar-refractivity contribution is 14.0. The zero-order chi connectivity index (χ0) is 16.5. The summed E-state index contributed by atoms with van der Waals surface area (Å²) in [5.74, 6) is 2.09. The predicted octanol–water partition coefficient (Wildman–Crippen LogP) is 3.71. The maximum Gasteiger partial charge on any atom is 0.188 e. The van der Waals surface area contributed by atoms with Crippen molar-refractivity contribution in [2.75, 3.05) is 13.7 Å². The van der Waals surface area contributed by atoms with Crippen molar-refractivity contribution in [3.05, 3.63) is 24.3 Å². The Morgan fingerprint density at radius 1 is 1.25 bits per heavy atom. The number of rotatable bonds is 6. The molecule has 0 bridgehead atoms. The van der Waals surface area contributed by atoms with Crippen molar-refractivity contribution in [3.63, 3.8) is 0 Å². The van der Waals surface area contributed by atoms with Crippen LogP contribution in [0.4, 0.5) is 0 Å².